The van der Waals surface area contributed by atoms with E-state index < -0.39 is 0 Å². The summed E-state index contributed by atoms with van der Waals surface area (Å²) in [6.45, 7) is 5.34. The first-order valence-electron chi connectivity index (χ1n) is 5.58. The fourth-order valence-electron chi connectivity index (χ4n) is 2.08. The van der Waals surface area contributed by atoms with Crippen LogP contribution in [-0.4, -0.2) is 37.6 Å². The molecule has 2 rings (SSSR count). The zero-order chi connectivity index (χ0) is 11.7. The van der Waals surface area contributed by atoms with E-state index in [1.807, 2.05) is 18.2 Å². The lowest BCUT2D eigenvalue weighted by molar-refractivity contribution is 0.234. The van der Waals surface area contributed by atoms with Gasteiger partial charge >= 0.3 is 0 Å². The summed E-state index contributed by atoms with van der Waals surface area (Å²) in [6, 6.07) is 6.29. The first-order valence-corrected chi connectivity index (χ1v) is 5.96. The normalized spacial score (nSPS) is 22.4. The number of piperazine rings is 1. The van der Waals surface area contributed by atoms with Gasteiger partial charge in [-0.25, -0.2) is 0 Å². The lowest BCUT2D eigenvalue weighted by atomic mass is 10.1. The monoisotopic (exact) mass is 239 g/mol. The second-order valence-electron chi connectivity index (χ2n) is 4.48. The van der Waals surface area contributed by atoms with Gasteiger partial charge in [0.2, 0.25) is 0 Å². The second kappa shape index (κ2) is 4.52. The molecule has 0 saturated carbocycles. The number of anilines is 2. The van der Waals surface area contributed by atoms with Crippen LogP contribution in [0.1, 0.15) is 6.92 Å². The summed E-state index contributed by atoms with van der Waals surface area (Å²) < 4.78 is 0. The zero-order valence-corrected chi connectivity index (χ0v) is 10.5. The highest BCUT2D eigenvalue weighted by molar-refractivity contribution is 6.31. The van der Waals surface area contributed by atoms with Gasteiger partial charge in [0.1, 0.15) is 0 Å². The summed E-state index contributed by atoms with van der Waals surface area (Å²) in [7, 11) is 2.16. The van der Waals surface area contributed by atoms with E-state index >= 15 is 0 Å². The molecule has 0 aromatic heterocycles. The highest BCUT2D eigenvalue weighted by Gasteiger charge is 2.21. The van der Waals surface area contributed by atoms with E-state index in [1.54, 1.807) is 0 Å². The van der Waals surface area contributed by atoms with Gasteiger partial charge < -0.3 is 15.5 Å². The molecule has 1 unspecified atom stereocenters. The molecule has 2 N–H and O–H groups in total. The molecule has 0 bridgehead atoms. The minimum Gasteiger partial charge on any atom is -0.397 e. The highest BCUT2D eigenvalue weighted by Crippen LogP contribution is 2.27. The van der Waals surface area contributed by atoms with Crippen molar-refractivity contribution in [3.05, 3.63) is 23.2 Å². The molecular weight excluding hydrogens is 222 g/mol. The predicted molar refractivity (Wildman–Crippen MR) is 70.2 cm³/mol. The molecule has 4 heteroatoms. The molecule has 88 valence electrons. The Kier molecular flexibility index (Phi) is 3.26. The SMILES string of the molecule is CC1CN(c2ccc(Cl)cc2N)CCN1C. The maximum atomic E-state index is 5.99. The summed E-state index contributed by atoms with van der Waals surface area (Å²) in [5.74, 6) is 0. The van der Waals surface area contributed by atoms with Crippen LogP contribution < -0.4 is 10.6 Å². The lowest BCUT2D eigenvalue weighted by Crippen LogP contribution is -2.50. The Morgan fingerprint density at radius 1 is 1.38 bits per heavy atom. The van der Waals surface area contributed by atoms with Crippen molar-refractivity contribution in [1.82, 2.24) is 4.90 Å². The quantitative estimate of drug-likeness (QED) is 0.762. The maximum Gasteiger partial charge on any atom is 0.0601 e. The van der Waals surface area contributed by atoms with Gasteiger partial charge in [0.15, 0.2) is 0 Å². The van der Waals surface area contributed by atoms with E-state index in [-0.39, 0.29) is 0 Å². The molecule has 16 heavy (non-hydrogen) atoms. The van der Waals surface area contributed by atoms with Crippen molar-refractivity contribution >= 4 is 23.0 Å². The molecule has 0 aliphatic carbocycles. The van der Waals surface area contributed by atoms with E-state index in [4.69, 9.17) is 17.3 Å². The molecule has 0 amide bonds. The van der Waals surface area contributed by atoms with Gasteiger partial charge in [-0.05, 0) is 32.2 Å². The lowest BCUT2D eigenvalue weighted by Gasteiger charge is -2.39. The third-order valence-electron chi connectivity index (χ3n) is 3.29. The molecule has 1 heterocycles. The summed E-state index contributed by atoms with van der Waals surface area (Å²) in [4.78, 5) is 4.69. The number of hydrogen-bond donors (Lipinski definition) is 1. The number of benzene rings is 1. The van der Waals surface area contributed by atoms with Gasteiger partial charge in [0.25, 0.3) is 0 Å². The van der Waals surface area contributed by atoms with Crippen LogP contribution in [0.5, 0.6) is 0 Å². The number of likely N-dealkylation sites (N-methyl/N-ethyl adjacent to an activating group) is 1. The van der Waals surface area contributed by atoms with Crippen molar-refractivity contribution in [2.24, 2.45) is 0 Å². The molecule has 3 nitrogen and oxygen atoms in total. The first-order chi connectivity index (χ1) is 7.58. The van der Waals surface area contributed by atoms with Crippen molar-refractivity contribution in [1.29, 1.82) is 0 Å². The van der Waals surface area contributed by atoms with Gasteiger partial charge in [-0.15, -0.1) is 0 Å². The van der Waals surface area contributed by atoms with Crippen molar-refractivity contribution in [3.63, 3.8) is 0 Å². The van der Waals surface area contributed by atoms with Crippen LogP contribution in [0.2, 0.25) is 5.02 Å². The van der Waals surface area contributed by atoms with Gasteiger partial charge in [-0.2, -0.15) is 0 Å². The van der Waals surface area contributed by atoms with Crippen LogP contribution >= 0.6 is 11.6 Å². The van der Waals surface area contributed by atoms with E-state index in [1.165, 1.54) is 0 Å². The molecule has 0 spiro atoms. The Balaban J connectivity index is 2.18. The third-order valence-corrected chi connectivity index (χ3v) is 3.53. The summed E-state index contributed by atoms with van der Waals surface area (Å²) in [5.41, 5.74) is 7.86. The fraction of sp³-hybridized carbons (Fsp3) is 0.500. The van der Waals surface area contributed by atoms with E-state index in [2.05, 4.69) is 23.8 Å². The Bertz CT molecular complexity index is 381. The average Bonchev–Trinajstić information content (AvgIpc) is 2.22. The standard InChI is InChI=1S/C12H18ClN3/c1-9-8-16(6-5-15(9)2)12-4-3-10(13)7-11(12)14/h3-4,7,9H,5-6,8,14H2,1-2H3. The van der Waals surface area contributed by atoms with E-state index in [9.17, 15) is 0 Å². The Hall–Kier alpha value is -0.930. The number of rotatable bonds is 1. The van der Waals surface area contributed by atoms with E-state index in [0.29, 0.717) is 11.1 Å². The minimum atomic E-state index is 0.559. The summed E-state index contributed by atoms with van der Waals surface area (Å²) in [6.07, 6.45) is 0. The molecule has 1 saturated heterocycles. The maximum absolute atomic E-state index is 5.99. The highest BCUT2D eigenvalue weighted by atomic mass is 35.5. The van der Waals surface area contributed by atoms with Crippen molar-refractivity contribution in [3.8, 4) is 0 Å². The number of nitrogen functional groups attached to an aromatic ring is 1. The van der Waals surface area contributed by atoms with Crippen LogP contribution in [0.4, 0.5) is 11.4 Å². The van der Waals surface area contributed by atoms with Gasteiger partial charge in [-0.3, -0.25) is 0 Å². The summed E-state index contributed by atoms with van der Waals surface area (Å²) in [5, 5.41) is 0.698. The Morgan fingerprint density at radius 3 is 2.75 bits per heavy atom. The van der Waals surface area contributed by atoms with Gasteiger partial charge in [-0.1, -0.05) is 11.6 Å². The second-order valence-corrected chi connectivity index (χ2v) is 4.92. The Labute approximate surface area is 102 Å². The van der Waals surface area contributed by atoms with Crippen molar-refractivity contribution < 1.29 is 0 Å². The van der Waals surface area contributed by atoms with E-state index in [0.717, 1.165) is 31.0 Å². The number of nitrogens with two attached hydrogens (primary N) is 1. The summed E-state index contributed by atoms with van der Waals surface area (Å²) >= 11 is 5.90. The fourth-order valence-corrected chi connectivity index (χ4v) is 2.26. The van der Waals surface area contributed by atoms with Gasteiger partial charge in [0.05, 0.1) is 11.4 Å². The van der Waals surface area contributed by atoms with Crippen LogP contribution in [0.15, 0.2) is 18.2 Å². The molecule has 0 radical (unpaired) electrons. The average molecular weight is 240 g/mol. The van der Waals surface area contributed by atoms with Gasteiger partial charge in [0, 0.05) is 30.7 Å². The molecular formula is C12H18ClN3. The smallest absolute Gasteiger partial charge is 0.0601 e. The largest absolute Gasteiger partial charge is 0.397 e. The van der Waals surface area contributed by atoms with Crippen molar-refractivity contribution in [2.75, 3.05) is 37.3 Å². The topological polar surface area (TPSA) is 32.5 Å². The van der Waals surface area contributed by atoms with Crippen LogP contribution in [0.25, 0.3) is 0 Å². The van der Waals surface area contributed by atoms with Crippen LogP contribution in [0, 0.1) is 0 Å². The predicted octanol–water partition coefficient (Wildman–Crippen LogP) is 2.06. The number of halogens is 1. The molecule has 1 aromatic rings. The number of hydrogen-bond acceptors (Lipinski definition) is 3. The Morgan fingerprint density at radius 2 is 2.12 bits per heavy atom. The molecule has 1 aromatic carbocycles. The minimum absolute atomic E-state index is 0.559. The van der Waals surface area contributed by atoms with Crippen molar-refractivity contribution in [2.45, 2.75) is 13.0 Å². The van der Waals surface area contributed by atoms with Crippen LogP contribution in [0.3, 0.4) is 0 Å². The molecule has 1 aliphatic heterocycles. The molecule has 1 aliphatic rings. The zero-order valence-electron chi connectivity index (χ0n) is 9.78. The third kappa shape index (κ3) is 2.25. The van der Waals surface area contributed by atoms with Crippen LogP contribution in [-0.2, 0) is 0 Å². The number of nitrogens with zero attached hydrogens (tertiary/aromatic N) is 2. The first kappa shape index (κ1) is 11.6. The molecule has 1 fully saturated rings. The molecule has 1 atom stereocenters.